The molecule has 0 aliphatic heterocycles. The van der Waals surface area contributed by atoms with Crippen LogP contribution in [0, 0.1) is 0 Å². The third kappa shape index (κ3) is 3.95. The molecule has 0 atom stereocenters. The lowest BCUT2D eigenvalue weighted by Gasteiger charge is -2.10. The number of ether oxygens (including phenoxy) is 1. The molecule has 2 rings (SSSR count). The van der Waals surface area contributed by atoms with Gasteiger partial charge in [-0.25, -0.2) is 9.97 Å². The maximum atomic E-state index is 5.80. The van der Waals surface area contributed by atoms with Gasteiger partial charge in [0.15, 0.2) is 0 Å². The second-order valence-electron chi connectivity index (χ2n) is 5.00. The lowest BCUT2D eigenvalue weighted by molar-refractivity contribution is 0.461. The average Bonchev–Trinajstić information content (AvgIpc) is 2.46. The van der Waals surface area contributed by atoms with Gasteiger partial charge in [-0.2, -0.15) is 0 Å². The fourth-order valence-corrected chi connectivity index (χ4v) is 1.80. The van der Waals surface area contributed by atoms with E-state index >= 15 is 0 Å². The Morgan fingerprint density at radius 1 is 1.20 bits per heavy atom. The van der Waals surface area contributed by atoms with Crippen LogP contribution in [0.25, 0.3) is 0 Å². The molecule has 1 aromatic carbocycles. The molecule has 0 saturated heterocycles. The number of benzene rings is 1. The van der Waals surface area contributed by atoms with Crippen LogP contribution in [0.2, 0.25) is 0 Å². The van der Waals surface area contributed by atoms with Gasteiger partial charge in [0.05, 0.1) is 0 Å². The topological polar surface area (TPSA) is 47.0 Å². The second kappa shape index (κ2) is 6.89. The molecule has 0 fully saturated rings. The van der Waals surface area contributed by atoms with Crippen LogP contribution in [-0.4, -0.2) is 16.5 Å². The molecule has 0 spiro atoms. The Kier molecular flexibility index (Phi) is 4.93. The second-order valence-corrected chi connectivity index (χ2v) is 5.00. The minimum absolute atomic E-state index is 0.478. The van der Waals surface area contributed by atoms with E-state index < -0.39 is 0 Å². The molecule has 0 saturated carbocycles. The van der Waals surface area contributed by atoms with Gasteiger partial charge in [-0.1, -0.05) is 32.9 Å². The fourth-order valence-electron chi connectivity index (χ4n) is 1.80. The summed E-state index contributed by atoms with van der Waals surface area (Å²) in [6.45, 7) is 7.33. The smallest absolute Gasteiger partial charge is 0.224 e. The highest BCUT2D eigenvalue weighted by atomic mass is 16.5. The number of aromatic nitrogens is 2. The summed E-state index contributed by atoms with van der Waals surface area (Å²) in [6, 6.07) is 9.91. The molecule has 4 heteroatoms. The van der Waals surface area contributed by atoms with Crippen LogP contribution >= 0.6 is 0 Å². The Morgan fingerprint density at radius 2 is 2.05 bits per heavy atom. The number of rotatable bonds is 6. The van der Waals surface area contributed by atoms with Crippen molar-refractivity contribution in [2.45, 2.75) is 33.1 Å². The average molecular weight is 271 g/mol. The molecule has 1 N–H and O–H groups in total. The molecular weight excluding hydrogens is 250 g/mol. The summed E-state index contributed by atoms with van der Waals surface area (Å²) in [5.41, 5.74) is 1.25. The third-order valence-electron chi connectivity index (χ3n) is 2.95. The van der Waals surface area contributed by atoms with E-state index in [1.54, 1.807) is 0 Å². The van der Waals surface area contributed by atoms with Crippen molar-refractivity contribution in [3.8, 4) is 11.6 Å². The van der Waals surface area contributed by atoms with Crippen molar-refractivity contribution in [3.63, 3.8) is 0 Å². The van der Waals surface area contributed by atoms with Gasteiger partial charge >= 0.3 is 0 Å². The monoisotopic (exact) mass is 271 g/mol. The van der Waals surface area contributed by atoms with Crippen molar-refractivity contribution in [2.24, 2.45) is 0 Å². The molecular formula is C16H21N3O. The number of hydrogen-bond donors (Lipinski definition) is 1. The molecule has 0 unspecified atom stereocenters. The van der Waals surface area contributed by atoms with Crippen LogP contribution < -0.4 is 10.1 Å². The van der Waals surface area contributed by atoms with Gasteiger partial charge in [0.1, 0.15) is 17.9 Å². The van der Waals surface area contributed by atoms with E-state index in [1.807, 2.05) is 24.3 Å². The summed E-state index contributed by atoms with van der Waals surface area (Å²) in [4.78, 5) is 8.31. The van der Waals surface area contributed by atoms with E-state index in [4.69, 9.17) is 4.74 Å². The summed E-state index contributed by atoms with van der Waals surface area (Å²) >= 11 is 0. The van der Waals surface area contributed by atoms with Crippen molar-refractivity contribution in [3.05, 3.63) is 42.2 Å². The highest BCUT2D eigenvalue weighted by Crippen LogP contribution is 2.24. The standard InChI is InChI=1S/C16H21N3O/c1-4-8-17-15-10-16(19-11-18-15)20-14-7-5-6-13(9-14)12(2)3/h5-7,9-12H,4,8H2,1-3H3,(H,17,18,19). The van der Waals surface area contributed by atoms with Gasteiger partial charge in [0.2, 0.25) is 5.88 Å². The van der Waals surface area contributed by atoms with Crippen LogP contribution in [0.15, 0.2) is 36.7 Å². The van der Waals surface area contributed by atoms with E-state index in [1.165, 1.54) is 11.9 Å². The third-order valence-corrected chi connectivity index (χ3v) is 2.95. The maximum absolute atomic E-state index is 5.80. The van der Waals surface area contributed by atoms with Crippen molar-refractivity contribution in [2.75, 3.05) is 11.9 Å². The molecule has 0 radical (unpaired) electrons. The van der Waals surface area contributed by atoms with E-state index in [0.29, 0.717) is 11.8 Å². The van der Waals surface area contributed by atoms with E-state index in [0.717, 1.165) is 24.5 Å². The SMILES string of the molecule is CCCNc1cc(Oc2cccc(C(C)C)c2)ncn1. The number of hydrogen-bond acceptors (Lipinski definition) is 4. The molecule has 1 aromatic heterocycles. The number of nitrogens with one attached hydrogen (secondary N) is 1. The van der Waals surface area contributed by atoms with Gasteiger partial charge in [0, 0.05) is 12.6 Å². The van der Waals surface area contributed by atoms with Gasteiger partial charge in [-0.3, -0.25) is 0 Å². The quantitative estimate of drug-likeness (QED) is 0.854. The Labute approximate surface area is 120 Å². The van der Waals surface area contributed by atoms with Gasteiger partial charge in [-0.05, 0) is 30.0 Å². The summed E-state index contributed by atoms with van der Waals surface area (Å²) in [5, 5.41) is 3.22. The zero-order valence-electron chi connectivity index (χ0n) is 12.3. The molecule has 0 aliphatic rings. The van der Waals surface area contributed by atoms with Gasteiger partial charge in [-0.15, -0.1) is 0 Å². The first-order chi connectivity index (χ1) is 9.69. The number of nitrogens with zero attached hydrogens (tertiary/aromatic N) is 2. The van der Waals surface area contributed by atoms with Crippen molar-refractivity contribution < 1.29 is 4.74 Å². The van der Waals surface area contributed by atoms with Crippen LogP contribution in [0.3, 0.4) is 0 Å². The Bertz CT molecular complexity index is 555. The fraction of sp³-hybridized carbons (Fsp3) is 0.375. The van der Waals surface area contributed by atoms with Gasteiger partial charge in [0.25, 0.3) is 0 Å². The summed E-state index contributed by atoms with van der Waals surface area (Å²) in [7, 11) is 0. The predicted molar refractivity (Wildman–Crippen MR) is 81.4 cm³/mol. The van der Waals surface area contributed by atoms with Crippen molar-refractivity contribution >= 4 is 5.82 Å². The molecule has 2 aromatic rings. The highest BCUT2D eigenvalue weighted by Gasteiger charge is 2.04. The van der Waals surface area contributed by atoms with Crippen LogP contribution in [0.5, 0.6) is 11.6 Å². The van der Waals surface area contributed by atoms with Crippen LogP contribution in [0.1, 0.15) is 38.7 Å². The molecule has 1 heterocycles. The van der Waals surface area contributed by atoms with Crippen molar-refractivity contribution in [1.29, 1.82) is 0 Å². The van der Waals surface area contributed by atoms with E-state index in [-0.39, 0.29) is 0 Å². The van der Waals surface area contributed by atoms with Crippen LogP contribution in [0.4, 0.5) is 5.82 Å². The Hall–Kier alpha value is -2.10. The van der Waals surface area contributed by atoms with Crippen molar-refractivity contribution in [1.82, 2.24) is 9.97 Å². The molecule has 0 amide bonds. The number of anilines is 1. The lowest BCUT2D eigenvalue weighted by Crippen LogP contribution is -2.02. The largest absolute Gasteiger partial charge is 0.439 e. The summed E-state index contributed by atoms with van der Waals surface area (Å²) in [6.07, 6.45) is 2.57. The minimum atomic E-state index is 0.478. The predicted octanol–water partition coefficient (Wildman–Crippen LogP) is 4.21. The highest BCUT2D eigenvalue weighted by molar-refractivity contribution is 5.39. The van der Waals surface area contributed by atoms with E-state index in [9.17, 15) is 0 Å². The summed E-state index contributed by atoms with van der Waals surface area (Å²) < 4.78 is 5.80. The van der Waals surface area contributed by atoms with E-state index in [2.05, 4.69) is 42.1 Å². The molecule has 20 heavy (non-hydrogen) atoms. The zero-order chi connectivity index (χ0) is 14.4. The van der Waals surface area contributed by atoms with Crippen LogP contribution in [-0.2, 0) is 0 Å². The first kappa shape index (κ1) is 14.3. The Balaban J connectivity index is 2.11. The molecule has 106 valence electrons. The molecule has 4 nitrogen and oxygen atoms in total. The molecule has 0 bridgehead atoms. The minimum Gasteiger partial charge on any atom is -0.439 e. The first-order valence-electron chi connectivity index (χ1n) is 7.02. The van der Waals surface area contributed by atoms with Gasteiger partial charge < -0.3 is 10.1 Å². The Morgan fingerprint density at radius 3 is 2.80 bits per heavy atom. The summed E-state index contributed by atoms with van der Waals surface area (Å²) in [5.74, 6) is 2.62. The lowest BCUT2D eigenvalue weighted by atomic mass is 10.0. The molecule has 0 aliphatic carbocycles. The normalized spacial score (nSPS) is 10.6. The zero-order valence-corrected chi connectivity index (χ0v) is 12.3. The first-order valence-corrected chi connectivity index (χ1v) is 7.02. The maximum Gasteiger partial charge on any atom is 0.224 e.